The summed E-state index contributed by atoms with van der Waals surface area (Å²) in [6, 6.07) is 8.05. The number of nitrogens with one attached hydrogen (secondary N) is 2. The van der Waals surface area contributed by atoms with Crippen LogP contribution in [0.4, 0.5) is 11.5 Å². The van der Waals surface area contributed by atoms with Crippen LogP contribution in [0.15, 0.2) is 45.9 Å². The van der Waals surface area contributed by atoms with Gasteiger partial charge in [0.05, 0.1) is 15.2 Å². The first kappa shape index (κ1) is 16.1. The molecule has 0 saturated carbocycles. The van der Waals surface area contributed by atoms with Crippen molar-refractivity contribution in [1.29, 1.82) is 0 Å². The van der Waals surface area contributed by atoms with Gasteiger partial charge in [0.1, 0.15) is 10.7 Å². The van der Waals surface area contributed by atoms with Crippen LogP contribution in [0.2, 0.25) is 5.02 Å². The molecular weight excluding hydrogens is 378 g/mol. The third kappa shape index (κ3) is 3.87. The number of rotatable bonds is 5. The molecule has 2 rings (SSSR count). The van der Waals surface area contributed by atoms with Gasteiger partial charge in [0, 0.05) is 12.7 Å². The summed E-state index contributed by atoms with van der Waals surface area (Å²) in [5.41, 5.74) is 0.373. The third-order valence-electron chi connectivity index (χ3n) is 2.60. The highest BCUT2D eigenvalue weighted by Crippen LogP contribution is 2.31. The maximum Gasteiger partial charge on any atom is 0.263 e. The minimum atomic E-state index is -3.71. The minimum Gasteiger partial charge on any atom is -0.370 e. The van der Waals surface area contributed by atoms with Crippen LogP contribution in [0.5, 0.6) is 0 Å². The Bertz CT molecular complexity index is 736. The fourth-order valence-electron chi connectivity index (χ4n) is 1.61. The molecule has 0 aliphatic heterocycles. The Morgan fingerprint density at radius 3 is 2.67 bits per heavy atom. The van der Waals surface area contributed by atoms with E-state index in [1.165, 1.54) is 12.3 Å². The first-order chi connectivity index (χ1) is 9.94. The number of hydrogen-bond donors (Lipinski definition) is 2. The topological polar surface area (TPSA) is 71.1 Å². The van der Waals surface area contributed by atoms with Crippen molar-refractivity contribution in [3.8, 4) is 0 Å². The second-order valence-electron chi connectivity index (χ2n) is 4.12. The Kier molecular flexibility index (Phi) is 5.08. The van der Waals surface area contributed by atoms with Crippen LogP contribution in [0.1, 0.15) is 6.92 Å². The molecule has 0 bridgehead atoms. The van der Waals surface area contributed by atoms with E-state index in [0.717, 1.165) is 0 Å². The molecule has 1 aromatic heterocycles. The predicted molar refractivity (Wildman–Crippen MR) is 88.4 cm³/mol. The lowest BCUT2D eigenvalue weighted by molar-refractivity contribution is 0.601. The van der Waals surface area contributed by atoms with Gasteiger partial charge < -0.3 is 5.32 Å². The van der Waals surface area contributed by atoms with Gasteiger partial charge in [0.25, 0.3) is 10.0 Å². The number of aromatic nitrogens is 1. The summed E-state index contributed by atoms with van der Waals surface area (Å²) < 4.78 is 27.6. The Labute approximate surface area is 136 Å². The Morgan fingerprint density at radius 2 is 2.05 bits per heavy atom. The molecule has 1 aromatic carbocycles. The van der Waals surface area contributed by atoms with E-state index in [-0.39, 0.29) is 4.90 Å². The summed E-state index contributed by atoms with van der Waals surface area (Å²) in [6.45, 7) is 2.65. The molecule has 0 aliphatic rings. The number of halogens is 2. The zero-order valence-electron chi connectivity index (χ0n) is 11.1. The van der Waals surface area contributed by atoms with E-state index in [2.05, 4.69) is 31.0 Å². The zero-order chi connectivity index (χ0) is 15.5. The molecular formula is C13H13BrClN3O2S. The summed E-state index contributed by atoms with van der Waals surface area (Å²) in [4.78, 5) is 4.13. The number of nitrogens with zero attached hydrogens (tertiary/aromatic N) is 1. The summed E-state index contributed by atoms with van der Waals surface area (Å²) in [5, 5.41) is 3.43. The lowest BCUT2D eigenvalue weighted by atomic mass is 10.3. The van der Waals surface area contributed by atoms with Crippen molar-refractivity contribution in [2.75, 3.05) is 16.6 Å². The Hall–Kier alpha value is -1.31. The average Bonchev–Trinajstić information content (AvgIpc) is 2.45. The van der Waals surface area contributed by atoms with Crippen molar-refractivity contribution in [3.63, 3.8) is 0 Å². The fourth-order valence-corrected chi connectivity index (χ4v) is 3.30. The number of hydrogen-bond acceptors (Lipinski definition) is 4. The Balaban J connectivity index is 2.27. The molecule has 0 aliphatic carbocycles. The second kappa shape index (κ2) is 6.64. The highest BCUT2D eigenvalue weighted by atomic mass is 79.9. The zero-order valence-corrected chi connectivity index (χ0v) is 14.3. The summed E-state index contributed by atoms with van der Waals surface area (Å²) >= 11 is 9.19. The molecule has 5 nitrogen and oxygen atoms in total. The third-order valence-corrected chi connectivity index (χ3v) is 5.35. The van der Waals surface area contributed by atoms with Gasteiger partial charge in [-0.05, 0) is 47.1 Å². The standard InChI is InChI=1S/C13H13BrClN3O2S/c1-2-16-12-7-6-9(8-17-12)21(19,20)18-11-5-3-4-10(15)13(11)14/h3-8,18H,2H2,1H3,(H,16,17). The van der Waals surface area contributed by atoms with E-state index >= 15 is 0 Å². The number of benzene rings is 1. The average molecular weight is 391 g/mol. The lowest BCUT2D eigenvalue weighted by Crippen LogP contribution is -2.14. The van der Waals surface area contributed by atoms with Crippen molar-refractivity contribution in [2.24, 2.45) is 0 Å². The lowest BCUT2D eigenvalue weighted by Gasteiger charge is -2.11. The summed E-state index contributed by atoms with van der Waals surface area (Å²) in [7, 11) is -3.71. The number of anilines is 2. The van der Waals surface area contributed by atoms with Gasteiger partial charge in [-0.3, -0.25) is 4.72 Å². The molecule has 0 atom stereocenters. The van der Waals surface area contributed by atoms with Crippen LogP contribution in [0, 0.1) is 0 Å². The summed E-state index contributed by atoms with van der Waals surface area (Å²) in [5.74, 6) is 0.625. The van der Waals surface area contributed by atoms with Crippen molar-refractivity contribution in [1.82, 2.24) is 4.98 Å². The van der Waals surface area contributed by atoms with Crippen molar-refractivity contribution >= 4 is 49.1 Å². The molecule has 0 saturated heterocycles. The van der Waals surface area contributed by atoms with Gasteiger partial charge in [-0.25, -0.2) is 13.4 Å². The minimum absolute atomic E-state index is 0.0797. The van der Waals surface area contributed by atoms with E-state index in [1.54, 1.807) is 24.3 Å². The van der Waals surface area contributed by atoms with E-state index in [0.29, 0.717) is 27.5 Å². The molecule has 0 amide bonds. The van der Waals surface area contributed by atoms with Crippen molar-refractivity contribution < 1.29 is 8.42 Å². The van der Waals surface area contributed by atoms with Gasteiger partial charge in [-0.15, -0.1) is 0 Å². The predicted octanol–water partition coefficient (Wildman–Crippen LogP) is 3.73. The van der Waals surface area contributed by atoms with E-state index in [9.17, 15) is 8.42 Å². The molecule has 0 radical (unpaired) electrons. The first-order valence-electron chi connectivity index (χ1n) is 6.11. The maximum absolute atomic E-state index is 12.3. The molecule has 21 heavy (non-hydrogen) atoms. The van der Waals surface area contributed by atoms with Gasteiger partial charge in [-0.2, -0.15) is 0 Å². The van der Waals surface area contributed by atoms with Crippen LogP contribution >= 0.6 is 27.5 Å². The molecule has 1 heterocycles. The van der Waals surface area contributed by atoms with Gasteiger partial charge in [-0.1, -0.05) is 17.7 Å². The van der Waals surface area contributed by atoms with Crippen molar-refractivity contribution in [3.05, 3.63) is 46.0 Å². The molecule has 2 N–H and O–H groups in total. The van der Waals surface area contributed by atoms with E-state index in [1.807, 2.05) is 6.92 Å². The molecule has 0 unspecified atom stereocenters. The quantitative estimate of drug-likeness (QED) is 0.816. The molecule has 0 spiro atoms. The maximum atomic E-state index is 12.3. The molecule has 8 heteroatoms. The van der Waals surface area contributed by atoms with Crippen LogP contribution < -0.4 is 10.0 Å². The van der Waals surface area contributed by atoms with Gasteiger partial charge in [0.2, 0.25) is 0 Å². The normalized spacial score (nSPS) is 11.2. The van der Waals surface area contributed by atoms with E-state index in [4.69, 9.17) is 11.6 Å². The second-order valence-corrected chi connectivity index (χ2v) is 7.00. The highest BCUT2D eigenvalue weighted by molar-refractivity contribution is 9.10. The SMILES string of the molecule is CCNc1ccc(S(=O)(=O)Nc2cccc(Cl)c2Br)cn1. The Morgan fingerprint density at radius 1 is 1.29 bits per heavy atom. The first-order valence-corrected chi connectivity index (χ1v) is 8.76. The largest absolute Gasteiger partial charge is 0.370 e. The highest BCUT2D eigenvalue weighted by Gasteiger charge is 2.16. The molecule has 112 valence electrons. The molecule has 0 fully saturated rings. The van der Waals surface area contributed by atoms with Crippen molar-refractivity contribution in [2.45, 2.75) is 11.8 Å². The number of sulfonamides is 1. The van der Waals surface area contributed by atoms with Crippen LogP contribution in [0.25, 0.3) is 0 Å². The van der Waals surface area contributed by atoms with Gasteiger partial charge >= 0.3 is 0 Å². The monoisotopic (exact) mass is 389 g/mol. The van der Waals surface area contributed by atoms with Crippen LogP contribution in [-0.2, 0) is 10.0 Å². The van der Waals surface area contributed by atoms with Crippen LogP contribution in [0.3, 0.4) is 0 Å². The number of pyridine rings is 1. The van der Waals surface area contributed by atoms with Gasteiger partial charge in [0.15, 0.2) is 0 Å². The smallest absolute Gasteiger partial charge is 0.263 e. The van der Waals surface area contributed by atoms with Crippen LogP contribution in [-0.4, -0.2) is 19.9 Å². The molecule has 2 aromatic rings. The fraction of sp³-hybridized carbons (Fsp3) is 0.154. The summed E-state index contributed by atoms with van der Waals surface area (Å²) in [6.07, 6.45) is 1.30. The van der Waals surface area contributed by atoms with E-state index < -0.39 is 10.0 Å².